The molecule has 354 valence electrons. The molecule has 0 fully saturated rings. The Labute approximate surface area is 559 Å². The Morgan fingerprint density at radius 2 is 0.986 bits per heavy atom. The molecule has 0 unspecified atom stereocenters. The molecule has 5 N–H and O–H groups in total. The van der Waals surface area contributed by atoms with E-state index < -0.39 is 52.0 Å². The molecule has 6 rings (SSSR count). The number of carbonyl (C=O) groups excluding carboxylic acids is 3. The molecule has 74 heavy (non-hydrogen) atoms. The van der Waals surface area contributed by atoms with E-state index >= 15 is 0 Å². The van der Waals surface area contributed by atoms with E-state index in [0.717, 1.165) is 11.0 Å². The van der Waals surface area contributed by atoms with Gasteiger partial charge in [0.2, 0.25) is 35.7 Å². The predicted molar refractivity (Wildman–Crippen MR) is 232 cm³/mol. The summed E-state index contributed by atoms with van der Waals surface area (Å²) in [6.45, 7) is -1.13. The third-order valence-electron chi connectivity index (χ3n) is 8.83. The summed E-state index contributed by atoms with van der Waals surface area (Å²) in [5.41, 5.74) is 0.989. The summed E-state index contributed by atoms with van der Waals surface area (Å²) >= 11 is 0.458. The molecule has 0 radical (unpaired) electrons. The molecule has 26 nitrogen and oxygen atoms in total. The number of anilines is 10. The quantitative estimate of drug-likeness (QED) is 0.0105. The van der Waals surface area contributed by atoms with E-state index in [2.05, 4.69) is 60.5 Å². The van der Waals surface area contributed by atoms with Gasteiger partial charge in [-0.1, -0.05) is 48.6 Å². The number of nitrogens with one attached hydrogen (secondary N) is 4. The molecule has 0 aliphatic rings. The van der Waals surface area contributed by atoms with Gasteiger partial charge >= 0.3 is 183 Å². The molecule has 2 heterocycles. The van der Waals surface area contributed by atoms with Gasteiger partial charge in [-0.2, -0.15) is 34.2 Å². The van der Waals surface area contributed by atoms with Crippen molar-refractivity contribution in [2.24, 2.45) is 0 Å². The first-order valence-corrected chi connectivity index (χ1v) is 21.1. The van der Waals surface area contributed by atoms with E-state index in [-0.39, 0.29) is 247 Å². The minimum absolute atomic E-state index is 0. The maximum atomic E-state index is 12.6. The van der Waals surface area contributed by atoms with Crippen molar-refractivity contribution in [3.8, 4) is 0 Å². The van der Waals surface area contributed by atoms with Crippen LogP contribution in [0.15, 0.2) is 94.7 Å². The van der Waals surface area contributed by atoms with Crippen molar-refractivity contribution >= 4 is 117 Å². The van der Waals surface area contributed by atoms with Gasteiger partial charge in [0.15, 0.2) is 0 Å². The van der Waals surface area contributed by atoms with Crippen molar-refractivity contribution in [2.45, 2.75) is 9.79 Å². The number of nitrogens with zero attached hydrogens (tertiary/aromatic N) is 8. The van der Waals surface area contributed by atoms with Crippen LogP contribution < -0.4 is 229 Å². The van der Waals surface area contributed by atoms with Crippen molar-refractivity contribution in [1.29, 1.82) is 0 Å². The zero-order chi connectivity index (χ0) is 49.1. The minimum Gasteiger partial charge on any atom is -1.00 e. The molecular formula is C40H32N12Na6O14S2. The van der Waals surface area contributed by atoms with Crippen LogP contribution in [0.3, 0.4) is 0 Å². The molecule has 34 heteroatoms. The summed E-state index contributed by atoms with van der Waals surface area (Å²) in [6.07, 6.45) is 2.69. The van der Waals surface area contributed by atoms with Crippen LogP contribution in [-0.4, -0.2) is 99.0 Å². The van der Waals surface area contributed by atoms with Gasteiger partial charge in [-0.15, -0.1) is 0 Å². The number of carbonyl (C=O) groups is 4. The predicted octanol–water partition coefficient (Wildman–Crippen LogP) is -18.1. The first-order chi connectivity index (χ1) is 32.3. The number of carboxylic acid groups (broad SMARTS) is 4. The fourth-order valence-corrected chi connectivity index (χ4v) is 6.95. The Morgan fingerprint density at radius 1 is 0.608 bits per heavy atom. The Balaban J connectivity index is 0. The summed E-state index contributed by atoms with van der Waals surface area (Å²) in [5.74, 6) is -6.25. The minimum atomic E-state index is -5.17. The Bertz CT molecular complexity index is 3040. The van der Waals surface area contributed by atoms with E-state index in [4.69, 9.17) is 0 Å². The maximum absolute atomic E-state index is 12.6. The third-order valence-corrected chi connectivity index (χ3v) is 10.4. The SMILES string of the molecule is CN(CC(=O)[O-])c1nc(Nc2ccc(C(=O)[O-])cc2)nc(Nc2ccc(/C=C/c3ccc(Nc4nc(Nc5ccc(C(=O)[O-])cc5)nc(N(C)CC(=O)O)n4)cc3S(=O)(=O)[O-])c(SOO[O-])c2)n1.[H-].[Na+].[Na+].[Na+].[Na+].[Na+].[Na+]. The third kappa shape index (κ3) is 21.7. The molecule has 0 aliphatic heterocycles. The van der Waals surface area contributed by atoms with Crippen molar-refractivity contribution in [1.82, 2.24) is 29.9 Å². The van der Waals surface area contributed by atoms with Crippen LogP contribution in [0.2, 0.25) is 0 Å². The molecule has 0 bridgehead atoms. The smallest absolute Gasteiger partial charge is 1.00 e. The van der Waals surface area contributed by atoms with E-state index in [1.807, 2.05) is 0 Å². The van der Waals surface area contributed by atoms with Crippen molar-refractivity contribution < 1.29 is 246 Å². The molecule has 0 saturated heterocycles. The number of rotatable bonds is 22. The standard InChI is InChI=1S/C40H36N12O14S2.6Na.H/c1-51(19-31(53)54)39-47-35(41-25-11-7-23(8-12-25)33(57)58)45-37(49-39)43-27-15-5-21(29(17-27)67-66-65-61)3-4-22-6-16-28(18-30(22)68(62,63)64)44-38-46-36(48-40(50-38)52(2)20-32(55)56)42-26-13-9-24(10-14-26)34(59)60;;;;;;;/h3-18,61H,19-20H2,1-2H3,(H,53,54)(H,55,56)(H,57,58)(H,59,60)(H,62,63,64)(H2,41,43,45,47,49)(H2,42,44,46,48,50);;;;;;;/q;6*+1;-1/p-5/b4-3+;;;;;;;. The molecule has 0 aliphatic carbocycles. The van der Waals surface area contributed by atoms with Crippen LogP contribution in [0.4, 0.5) is 58.4 Å². The Hall–Kier alpha value is -2.54. The van der Waals surface area contributed by atoms with Crippen molar-refractivity contribution in [2.75, 3.05) is 58.3 Å². The van der Waals surface area contributed by atoms with E-state index in [0.29, 0.717) is 29.0 Å². The first kappa shape index (κ1) is 71.5. The van der Waals surface area contributed by atoms with E-state index in [1.54, 1.807) is 0 Å². The summed E-state index contributed by atoms with van der Waals surface area (Å²) in [4.78, 5) is 72.5. The fraction of sp³-hybridized carbons (Fsp3) is 0.100. The molecule has 0 spiro atoms. The van der Waals surface area contributed by atoms with Crippen LogP contribution in [-0.2, 0) is 29.1 Å². The zero-order valence-electron chi connectivity index (χ0n) is 41.8. The molecule has 4 aromatic carbocycles. The number of benzene rings is 4. The Kier molecular flexibility index (Phi) is 32.5. The first-order valence-electron chi connectivity index (χ1n) is 19.0. The average Bonchev–Trinajstić information content (AvgIpc) is 3.27. The molecule has 2 aromatic heterocycles. The number of hydrogen-bond donors (Lipinski definition) is 5. The second-order valence-corrected chi connectivity index (χ2v) is 15.9. The molecule has 0 amide bonds. The van der Waals surface area contributed by atoms with Gasteiger partial charge in [0.05, 0.1) is 41.4 Å². The summed E-state index contributed by atoms with van der Waals surface area (Å²) < 4.78 is 42.4. The van der Waals surface area contributed by atoms with Gasteiger partial charge in [-0.3, -0.25) is 9.83 Å². The maximum Gasteiger partial charge on any atom is 1.00 e. The fourth-order valence-electron chi connectivity index (χ4n) is 5.75. The van der Waals surface area contributed by atoms with E-state index in [9.17, 15) is 57.8 Å². The van der Waals surface area contributed by atoms with Crippen LogP contribution in [0.25, 0.3) is 12.2 Å². The number of aromatic nitrogens is 6. The average molecular weight is 1110 g/mol. The number of hydrogen-bond acceptors (Lipinski definition) is 26. The Morgan fingerprint density at radius 3 is 1.38 bits per heavy atom. The number of aliphatic carboxylic acids is 2. The van der Waals surface area contributed by atoms with Gasteiger partial charge in [-0.25, -0.2) is 8.42 Å². The van der Waals surface area contributed by atoms with Crippen LogP contribution in [0, 0.1) is 0 Å². The van der Waals surface area contributed by atoms with E-state index in [1.165, 1.54) is 110 Å². The van der Waals surface area contributed by atoms with Gasteiger partial charge in [0.1, 0.15) is 16.7 Å². The second-order valence-electron chi connectivity index (χ2n) is 13.8. The van der Waals surface area contributed by atoms with Gasteiger partial charge < -0.3 is 77.1 Å². The molecular weight excluding hydrogens is 1070 g/mol. The molecule has 6 aromatic rings. The summed E-state index contributed by atoms with van der Waals surface area (Å²) in [6, 6.07) is 18.9. The normalized spacial score (nSPS) is 10.3. The number of aromatic carboxylic acids is 2. The number of likely N-dealkylation sites (N-methyl/N-ethyl adjacent to an activating group) is 2. The molecule has 0 atom stereocenters. The van der Waals surface area contributed by atoms with Crippen LogP contribution in [0.1, 0.15) is 33.3 Å². The zero-order valence-corrected chi connectivity index (χ0v) is 54.4. The summed E-state index contributed by atoms with van der Waals surface area (Å²) in [7, 11) is -2.40. The topological polar surface area (TPSA) is 388 Å². The monoisotopic (exact) mass is 1110 g/mol. The number of carboxylic acids is 4. The van der Waals surface area contributed by atoms with Crippen LogP contribution >= 0.6 is 12.0 Å². The van der Waals surface area contributed by atoms with Crippen LogP contribution in [0.5, 0.6) is 0 Å². The van der Waals surface area contributed by atoms with Gasteiger partial charge in [0.25, 0.3) is 0 Å². The molecule has 0 saturated carbocycles. The van der Waals surface area contributed by atoms with Gasteiger partial charge in [0, 0.05) is 41.7 Å². The summed E-state index contributed by atoms with van der Waals surface area (Å²) in [5, 5.41) is 68.9. The largest absolute Gasteiger partial charge is 1.00 e. The second kappa shape index (κ2) is 33.7. The van der Waals surface area contributed by atoms with Crippen molar-refractivity contribution in [3.63, 3.8) is 0 Å². The van der Waals surface area contributed by atoms with Crippen molar-refractivity contribution in [3.05, 3.63) is 107 Å². The van der Waals surface area contributed by atoms with Gasteiger partial charge in [-0.05, 0) is 70.8 Å².